The minimum absolute atomic E-state index is 0.0697. The van der Waals surface area contributed by atoms with Crippen molar-refractivity contribution in [2.75, 3.05) is 6.61 Å². The van der Waals surface area contributed by atoms with Crippen LogP contribution < -0.4 is 0 Å². The van der Waals surface area contributed by atoms with E-state index in [1.54, 1.807) is 13.0 Å². The Labute approximate surface area is 213 Å². The van der Waals surface area contributed by atoms with Crippen LogP contribution in [0.25, 0.3) is 0 Å². The summed E-state index contributed by atoms with van der Waals surface area (Å²) in [5.41, 5.74) is -1.23. The zero-order valence-corrected chi connectivity index (χ0v) is 22.0. The third-order valence-corrected chi connectivity index (χ3v) is 9.62. The quantitative estimate of drug-likeness (QED) is 0.382. The predicted molar refractivity (Wildman–Crippen MR) is 131 cm³/mol. The maximum atomic E-state index is 12.4. The van der Waals surface area contributed by atoms with Gasteiger partial charge in [0, 0.05) is 24.7 Å². The van der Waals surface area contributed by atoms with E-state index in [-0.39, 0.29) is 35.4 Å². The number of Topliss-reactive ketones (excluding diaryl/α,β-unsaturated/α-hetero) is 1. The van der Waals surface area contributed by atoms with Gasteiger partial charge in [-0.25, -0.2) is 0 Å². The average Bonchev–Trinajstić information content (AvgIpc) is 3.10. The summed E-state index contributed by atoms with van der Waals surface area (Å²) in [6.07, 6.45) is 7.04. The van der Waals surface area contributed by atoms with E-state index in [0.29, 0.717) is 25.7 Å². The van der Waals surface area contributed by atoms with Crippen molar-refractivity contribution in [3.8, 4) is 0 Å². The number of hydrogen-bond donors (Lipinski definition) is 3. The number of fused-ring (bicyclic) bond motifs is 5. The third kappa shape index (κ3) is 4.84. The van der Waals surface area contributed by atoms with Gasteiger partial charge in [-0.05, 0) is 74.2 Å². The Balaban J connectivity index is 0.000000308. The van der Waals surface area contributed by atoms with Crippen LogP contribution in [0.1, 0.15) is 91.9 Å². The molecular weight excluding hydrogens is 464 g/mol. The van der Waals surface area contributed by atoms with Crippen LogP contribution in [0.15, 0.2) is 11.6 Å². The van der Waals surface area contributed by atoms with E-state index in [4.69, 9.17) is 0 Å². The Morgan fingerprint density at radius 3 is 2.39 bits per heavy atom. The molecule has 0 radical (unpaired) electrons. The van der Waals surface area contributed by atoms with E-state index in [9.17, 15) is 34.5 Å². The van der Waals surface area contributed by atoms with Crippen molar-refractivity contribution in [2.24, 2.45) is 28.6 Å². The van der Waals surface area contributed by atoms with Gasteiger partial charge in [-0.15, -0.1) is 0 Å². The molecule has 3 fully saturated rings. The molecule has 36 heavy (non-hydrogen) atoms. The Morgan fingerprint density at radius 1 is 1.08 bits per heavy atom. The molecule has 8 heteroatoms. The van der Waals surface area contributed by atoms with E-state index < -0.39 is 41.4 Å². The summed E-state index contributed by atoms with van der Waals surface area (Å²) in [4.78, 5) is 45.3. The fourth-order valence-corrected chi connectivity index (χ4v) is 7.74. The van der Waals surface area contributed by atoms with Crippen LogP contribution in [-0.4, -0.2) is 57.1 Å². The second-order valence-corrected chi connectivity index (χ2v) is 11.5. The molecule has 4 aliphatic rings. The summed E-state index contributed by atoms with van der Waals surface area (Å²) in [7, 11) is 0. The minimum Gasteiger partial charge on any atom is -0.393 e. The van der Waals surface area contributed by atoms with Crippen molar-refractivity contribution < 1.29 is 39.2 Å². The zero-order valence-electron chi connectivity index (χ0n) is 22.0. The standard InChI is InChI=1S/C21H30O5.C7H12O3/c1-19-7-5-13(23)9-12(19)3-4-14-15-6-8-21(26,17(25)11-22)20(15,2)10-16(24)18(14)19;1-3-5-7(9)10-6(8)4-2/h9,14-16,18,22,24,26H,3-8,10-11H2,1-2H3;3-5H2,1-2H3/t14-,15-,16-,18+,19-,20-,21-;/m0./s1. The molecule has 0 aromatic carbocycles. The molecule has 0 spiro atoms. The minimum atomic E-state index is -1.54. The molecule has 0 bridgehead atoms. The first-order chi connectivity index (χ1) is 16.9. The summed E-state index contributed by atoms with van der Waals surface area (Å²) in [6.45, 7) is 6.97. The zero-order chi connectivity index (χ0) is 26.9. The molecule has 0 saturated heterocycles. The smallest absolute Gasteiger partial charge is 0.313 e. The monoisotopic (exact) mass is 506 g/mol. The fraction of sp³-hybridized carbons (Fsp3) is 0.786. The molecule has 0 aromatic rings. The van der Waals surface area contributed by atoms with Gasteiger partial charge in [0.1, 0.15) is 12.2 Å². The highest BCUT2D eigenvalue weighted by Crippen LogP contribution is 2.67. The molecule has 0 heterocycles. The first kappa shape index (κ1) is 28.7. The summed E-state index contributed by atoms with van der Waals surface area (Å²) in [6, 6.07) is 0. The Kier molecular flexibility index (Phi) is 8.63. The van der Waals surface area contributed by atoms with Gasteiger partial charge in [0.15, 0.2) is 11.6 Å². The molecule has 0 aliphatic heterocycles. The summed E-state index contributed by atoms with van der Waals surface area (Å²) >= 11 is 0. The predicted octanol–water partition coefficient (Wildman–Crippen LogP) is 3.05. The summed E-state index contributed by atoms with van der Waals surface area (Å²) in [5.74, 6) is -0.728. The van der Waals surface area contributed by atoms with Crippen molar-refractivity contribution in [3.63, 3.8) is 0 Å². The van der Waals surface area contributed by atoms with E-state index in [0.717, 1.165) is 32.1 Å². The number of aliphatic hydroxyl groups excluding tert-OH is 2. The SMILES string of the molecule is CCCC(=O)OC(=O)CC.C[C@]12CCC(=O)C=C1CC[C@@H]1[C@@H]2[C@@H](O)C[C@@]2(C)[C@H]1CC[C@]2(O)C(=O)CO. The first-order valence-corrected chi connectivity index (χ1v) is 13.4. The Bertz CT molecular complexity index is 925. The molecule has 4 aliphatic carbocycles. The molecule has 0 amide bonds. The fourth-order valence-electron chi connectivity index (χ4n) is 7.74. The van der Waals surface area contributed by atoms with Crippen molar-refractivity contribution >= 4 is 23.5 Å². The van der Waals surface area contributed by atoms with Gasteiger partial charge < -0.3 is 20.1 Å². The van der Waals surface area contributed by atoms with Gasteiger partial charge in [-0.1, -0.05) is 33.3 Å². The summed E-state index contributed by atoms with van der Waals surface area (Å²) in [5, 5.41) is 31.7. The number of ether oxygens (including phenoxy) is 1. The number of allylic oxidation sites excluding steroid dienone is 1. The molecule has 3 saturated carbocycles. The molecule has 4 rings (SSSR count). The van der Waals surface area contributed by atoms with Crippen molar-refractivity contribution in [2.45, 2.75) is 104 Å². The lowest BCUT2D eigenvalue weighted by Gasteiger charge is -2.60. The lowest BCUT2D eigenvalue weighted by Crippen LogP contribution is -2.62. The molecule has 3 N–H and O–H groups in total. The summed E-state index contributed by atoms with van der Waals surface area (Å²) < 4.78 is 4.36. The van der Waals surface area contributed by atoms with Crippen molar-refractivity contribution in [3.05, 3.63) is 11.6 Å². The number of ketones is 2. The number of aliphatic hydroxyl groups is 3. The Morgan fingerprint density at radius 2 is 1.78 bits per heavy atom. The molecule has 8 nitrogen and oxygen atoms in total. The van der Waals surface area contributed by atoms with Gasteiger partial charge in [-0.2, -0.15) is 0 Å². The van der Waals surface area contributed by atoms with Crippen LogP contribution in [0.5, 0.6) is 0 Å². The highest BCUT2D eigenvalue weighted by atomic mass is 16.6. The lowest BCUT2D eigenvalue weighted by atomic mass is 9.45. The maximum Gasteiger partial charge on any atom is 0.313 e. The van der Waals surface area contributed by atoms with E-state index in [1.165, 1.54) is 5.57 Å². The second kappa shape index (κ2) is 10.8. The number of carbonyl (C=O) groups is 4. The van der Waals surface area contributed by atoms with E-state index in [1.807, 2.05) is 13.8 Å². The first-order valence-electron chi connectivity index (χ1n) is 13.4. The van der Waals surface area contributed by atoms with E-state index >= 15 is 0 Å². The number of hydrogen-bond acceptors (Lipinski definition) is 8. The Hall–Kier alpha value is -1.90. The van der Waals surface area contributed by atoms with Crippen molar-refractivity contribution in [1.29, 1.82) is 0 Å². The van der Waals surface area contributed by atoms with E-state index in [2.05, 4.69) is 11.7 Å². The molecule has 0 aromatic heterocycles. The largest absolute Gasteiger partial charge is 0.393 e. The number of esters is 2. The number of carbonyl (C=O) groups excluding carboxylic acids is 4. The highest BCUT2D eigenvalue weighted by Gasteiger charge is 2.68. The van der Waals surface area contributed by atoms with Crippen molar-refractivity contribution in [1.82, 2.24) is 0 Å². The van der Waals surface area contributed by atoms with Crippen LogP contribution in [0.4, 0.5) is 0 Å². The van der Waals surface area contributed by atoms with Gasteiger partial charge in [-0.3, -0.25) is 19.2 Å². The second-order valence-electron chi connectivity index (χ2n) is 11.5. The van der Waals surface area contributed by atoms with Crippen LogP contribution in [0.2, 0.25) is 0 Å². The normalized spacial score (nSPS) is 39.0. The topological polar surface area (TPSA) is 138 Å². The number of rotatable bonds is 5. The third-order valence-electron chi connectivity index (χ3n) is 9.62. The molecule has 0 unspecified atom stereocenters. The van der Waals surface area contributed by atoms with Crippen LogP contribution in [-0.2, 0) is 23.9 Å². The lowest BCUT2D eigenvalue weighted by molar-refractivity contribution is -0.182. The van der Waals surface area contributed by atoms with Gasteiger partial charge in [0.2, 0.25) is 0 Å². The van der Waals surface area contributed by atoms with Gasteiger partial charge in [0.05, 0.1) is 6.10 Å². The average molecular weight is 507 g/mol. The van der Waals surface area contributed by atoms with Crippen LogP contribution >= 0.6 is 0 Å². The molecule has 202 valence electrons. The molecule has 7 atom stereocenters. The highest BCUT2D eigenvalue weighted by molar-refractivity contribution is 5.92. The van der Waals surface area contributed by atoms with Crippen LogP contribution in [0.3, 0.4) is 0 Å². The molecular formula is C28H42O8. The van der Waals surface area contributed by atoms with Crippen LogP contribution in [0, 0.1) is 28.6 Å². The van der Waals surface area contributed by atoms with Gasteiger partial charge >= 0.3 is 11.9 Å². The van der Waals surface area contributed by atoms with Gasteiger partial charge in [0.25, 0.3) is 0 Å². The maximum absolute atomic E-state index is 12.4.